The van der Waals surface area contributed by atoms with Gasteiger partial charge in [-0.15, -0.1) is 0 Å². The van der Waals surface area contributed by atoms with Crippen LogP contribution in [0.25, 0.3) is 33.5 Å². The Balaban J connectivity index is 2.07. The Morgan fingerprint density at radius 2 is 1.95 bits per heavy atom. The van der Waals surface area contributed by atoms with E-state index in [0.717, 1.165) is 33.5 Å². The predicted octanol–water partition coefficient (Wildman–Crippen LogP) is 2.48. The molecule has 3 aromatic heterocycles. The molecule has 4 aromatic rings. The lowest BCUT2D eigenvalue weighted by Crippen LogP contribution is -2.19. The summed E-state index contributed by atoms with van der Waals surface area (Å²) < 4.78 is 3.30. The summed E-state index contributed by atoms with van der Waals surface area (Å²) in [4.78, 5) is 19.9. The molecule has 6 heteroatoms. The van der Waals surface area contributed by atoms with Crippen molar-refractivity contribution in [2.75, 3.05) is 0 Å². The number of aromatic amines is 1. The highest BCUT2D eigenvalue weighted by atomic mass is 32.1. The van der Waals surface area contributed by atoms with Crippen molar-refractivity contribution in [3.8, 4) is 11.4 Å². The molecular weight excluding hydrogens is 272 g/mol. The first kappa shape index (κ1) is 11.5. The first-order chi connectivity index (χ1) is 9.65. The van der Waals surface area contributed by atoms with Crippen LogP contribution in [0.1, 0.15) is 0 Å². The number of aromatic nitrogens is 4. The summed E-state index contributed by atoms with van der Waals surface area (Å²) in [7, 11) is 3.57. The van der Waals surface area contributed by atoms with Crippen LogP contribution in [-0.2, 0) is 14.1 Å². The van der Waals surface area contributed by atoms with E-state index >= 15 is 0 Å². The topological polar surface area (TPSA) is 55.6 Å². The smallest absolute Gasteiger partial charge is 0.328 e. The van der Waals surface area contributed by atoms with Crippen molar-refractivity contribution in [3.63, 3.8) is 0 Å². The Labute approximate surface area is 118 Å². The second kappa shape index (κ2) is 3.83. The SMILES string of the molecule is Cn1c(=O)n(C)c2cc3[nH]c(-c4ccsc4)nc3cc21. The summed E-state index contributed by atoms with van der Waals surface area (Å²) in [5.41, 5.74) is 4.69. The average molecular weight is 284 g/mol. The molecule has 4 rings (SSSR count). The summed E-state index contributed by atoms with van der Waals surface area (Å²) in [6, 6.07) is 5.98. The maximum atomic E-state index is 11.9. The van der Waals surface area contributed by atoms with Gasteiger partial charge in [0.15, 0.2) is 0 Å². The first-order valence-electron chi connectivity index (χ1n) is 6.23. The highest BCUT2D eigenvalue weighted by Gasteiger charge is 2.12. The quantitative estimate of drug-likeness (QED) is 0.584. The van der Waals surface area contributed by atoms with Crippen molar-refractivity contribution in [1.82, 2.24) is 19.1 Å². The largest absolute Gasteiger partial charge is 0.338 e. The molecule has 0 bridgehead atoms. The molecule has 0 atom stereocenters. The Hall–Kier alpha value is -2.34. The van der Waals surface area contributed by atoms with Gasteiger partial charge < -0.3 is 4.98 Å². The summed E-state index contributed by atoms with van der Waals surface area (Å²) in [6.45, 7) is 0. The summed E-state index contributed by atoms with van der Waals surface area (Å²) in [5, 5.41) is 4.09. The van der Waals surface area contributed by atoms with E-state index in [0.29, 0.717) is 0 Å². The molecular formula is C14H12N4OS. The molecule has 1 aromatic carbocycles. The molecule has 0 spiro atoms. The lowest BCUT2D eigenvalue weighted by atomic mass is 10.2. The number of H-pyrrole nitrogens is 1. The minimum atomic E-state index is -0.0225. The van der Waals surface area contributed by atoms with Crippen LogP contribution in [0, 0.1) is 0 Å². The van der Waals surface area contributed by atoms with Gasteiger partial charge in [0.1, 0.15) is 5.82 Å². The standard InChI is InChI=1S/C14H12N4OS/c1-17-11-5-9-10(6-12(11)18(2)14(17)19)16-13(15-9)8-3-4-20-7-8/h3-7H,1-2H3,(H,15,16). The van der Waals surface area contributed by atoms with Gasteiger partial charge >= 0.3 is 5.69 Å². The van der Waals surface area contributed by atoms with E-state index in [9.17, 15) is 4.79 Å². The zero-order valence-corrected chi connectivity index (χ0v) is 11.9. The van der Waals surface area contributed by atoms with Crippen LogP contribution < -0.4 is 5.69 Å². The minimum Gasteiger partial charge on any atom is -0.338 e. The van der Waals surface area contributed by atoms with Gasteiger partial charge in [0.2, 0.25) is 0 Å². The van der Waals surface area contributed by atoms with Gasteiger partial charge in [0.05, 0.1) is 22.1 Å². The number of hydrogen-bond donors (Lipinski definition) is 1. The van der Waals surface area contributed by atoms with Crippen molar-refractivity contribution in [3.05, 3.63) is 39.4 Å². The van der Waals surface area contributed by atoms with Crippen molar-refractivity contribution in [2.45, 2.75) is 0 Å². The Morgan fingerprint density at radius 1 is 1.20 bits per heavy atom. The Morgan fingerprint density at radius 3 is 2.65 bits per heavy atom. The number of nitrogens with one attached hydrogen (secondary N) is 1. The van der Waals surface area contributed by atoms with E-state index in [1.807, 2.05) is 23.6 Å². The van der Waals surface area contributed by atoms with Crippen molar-refractivity contribution in [2.24, 2.45) is 14.1 Å². The van der Waals surface area contributed by atoms with Gasteiger partial charge in [-0.3, -0.25) is 9.13 Å². The number of imidazole rings is 2. The van der Waals surface area contributed by atoms with Crippen LogP contribution in [0.15, 0.2) is 33.8 Å². The van der Waals surface area contributed by atoms with Crippen molar-refractivity contribution in [1.29, 1.82) is 0 Å². The Bertz CT molecular complexity index is 928. The van der Waals surface area contributed by atoms with Gasteiger partial charge in [0.25, 0.3) is 0 Å². The number of aryl methyl sites for hydroxylation is 2. The van der Waals surface area contributed by atoms with Gasteiger partial charge in [-0.1, -0.05) is 0 Å². The second-order valence-electron chi connectivity index (χ2n) is 4.86. The van der Waals surface area contributed by atoms with Gasteiger partial charge in [0, 0.05) is 25.0 Å². The molecule has 3 heterocycles. The van der Waals surface area contributed by atoms with E-state index in [1.54, 1.807) is 34.6 Å². The van der Waals surface area contributed by atoms with Crippen LogP contribution in [0.4, 0.5) is 0 Å². The maximum Gasteiger partial charge on any atom is 0.328 e. The number of nitrogens with zero attached hydrogens (tertiary/aromatic N) is 3. The molecule has 20 heavy (non-hydrogen) atoms. The minimum absolute atomic E-state index is 0.0225. The molecule has 0 saturated carbocycles. The summed E-state index contributed by atoms with van der Waals surface area (Å²) >= 11 is 1.65. The predicted molar refractivity (Wildman–Crippen MR) is 81.1 cm³/mol. The van der Waals surface area contributed by atoms with Crippen LogP contribution in [0.5, 0.6) is 0 Å². The van der Waals surface area contributed by atoms with E-state index in [4.69, 9.17) is 0 Å². The summed E-state index contributed by atoms with van der Waals surface area (Å²) in [5.74, 6) is 0.863. The highest BCUT2D eigenvalue weighted by molar-refractivity contribution is 7.08. The third-order valence-corrected chi connectivity index (χ3v) is 4.35. The lowest BCUT2D eigenvalue weighted by Gasteiger charge is -1.94. The normalized spacial score (nSPS) is 11.7. The molecule has 0 saturated heterocycles. The van der Waals surface area contributed by atoms with Crippen LogP contribution in [0.3, 0.4) is 0 Å². The summed E-state index contributed by atoms with van der Waals surface area (Å²) in [6.07, 6.45) is 0. The number of fused-ring (bicyclic) bond motifs is 2. The average Bonchev–Trinajstić information content (AvgIpc) is 3.14. The first-order valence-corrected chi connectivity index (χ1v) is 7.17. The second-order valence-corrected chi connectivity index (χ2v) is 5.64. The number of rotatable bonds is 1. The van der Waals surface area contributed by atoms with Crippen molar-refractivity contribution >= 4 is 33.4 Å². The number of benzene rings is 1. The van der Waals surface area contributed by atoms with E-state index in [-0.39, 0.29) is 5.69 Å². The molecule has 5 nitrogen and oxygen atoms in total. The van der Waals surface area contributed by atoms with Gasteiger partial charge in [-0.25, -0.2) is 9.78 Å². The fourth-order valence-corrected chi connectivity index (χ4v) is 3.18. The highest BCUT2D eigenvalue weighted by Crippen LogP contribution is 2.25. The molecule has 0 aliphatic heterocycles. The number of hydrogen-bond acceptors (Lipinski definition) is 3. The van der Waals surface area contributed by atoms with Crippen molar-refractivity contribution < 1.29 is 0 Å². The molecule has 0 fully saturated rings. The molecule has 0 amide bonds. The molecule has 1 N–H and O–H groups in total. The lowest BCUT2D eigenvalue weighted by molar-refractivity contribution is 0.795. The fourth-order valence-electron chi connectivity index (χ4n) is 2.54. The monoisotopic (exact) mass is 284 g/mol. The molecule has 0 unspecified atom stereocenters. The molecule has 0 radical (unpaired) electrons. The van der Waals surface area contributed by atoms with E-state index in [1.165, 1.54) is 0 Å². The Kier molecular flexibility index (Phi) is 2.20. The third-order valence-electron chi connectivity index (χ3n) is 3.67. The zero-order valence-electron chi connectivity index (χ0n) is 11.0. The maximum absolute atomic E-state index is 11.9. The van der Waals surface area contributed by atoms with Crippen LogP contribution in [0.2, 0.25) is 0 Å². The molecule has 0 aliphatic carbocycles. The number of thiophene rings is 1. The van der Waals surface area contributed by atoms with E-state index < -0.39 is 0 Å². The van der Waals surface area contributed by atoms with Gasteiger partial charge in [-0.2, -0.15) is 11.3 Å². The molecule has 100 valence electrons. The van der Waals surface area contributed by atoms with Gasteiger partial charge in [-0.05, 0) is 23.6 Å². The van der Waals surface area contributed by atoms with Crippen LogP contribution >= 0.6 is 11.3 Å². The fraction of sp³-hybridized carbons (Fsp3) is 0.143. The van der Waals surface area contributed by atoms with Crippen LogP contribution in [-0.4, -0.2) is 19.1 Å². The molecule has 0 aliphatic rings. The zero-order chi connectivity index (χ0) is 13.9. The third kappa shape index (κ3) is 1.42. The van der Waals surface area contributed by atoms with E-state index in [2.05, 4.69) is 15.3 Å².